The summed E-state index contributed by atoms with van der Waals surface area (Å²) in [5, 5.41) is 26.4. The number of phenolic OH excluding ortho intramolecular Hbond substituents is 2. The van der Waals surface area contributed by atoms with Gasteiger partial charge >= 0.3 is 35.4 Å². The highest BCUT2D eigenvalue weighted by atomic mass is 79.9. The number of hydrogen-bond donors (Lipinski definition) is 4. The van der Waals surface area contributed by atoms with Crippen LogP contribution in [-0.2, 0) is 41.8 Å². The molecule has 0 saturated carbocycles. The van der Waals surface area contributed by atoms with Gasteiger partial charge in [-0.15, -0.1) is 0 Å². The van der Waals surface area contributed by atoms with Crippen LogP contribution in [0.3, 0.4) is 0 Å². The molecule has 16 nitrogen and oxygen atoms in total. The summed E-state index contributed by atoms with van der Waals surface area (Å²) in [7, 11) is 0. The molecule has 2 aromatic carbocycles. The van der Waals surface area contributed by atoms with Crippen molar-refractivity contribution in [3.8, 4) is 11.5 Å². The predicted molar refractivity (Wildman–Crippen MR) is 264 cm³/mol. The Balaban J connectivity index is 0.883. The van der Waals surface area contributed by atoms with Crippen molar-refractivity contribution in [2.24, 2.45) is 0 Å². The molecule has 1 atom stereocenters. The number of halogens is 2. The van der Waals surface area contributed by atoms with Gasteiger partial charge in [-0.05, 0) is 76.1 Å². The van der Waals surface area contributed by atoms with Crippen molar-refractivity contribution >= 4 is 77.9 Å². The van der Waals surface area contributed by atoms with E-state index in [-0.39, 0.29) is 54.4 Å². The number of esters is 2. The smallest absolute Gasteiger partial charge is 0.407 e. The van der Waals surface area contributed by atoms with E-state index in [4.69, 9.17) is 27.8 Å². The van der Waals surface area contributed by atoms with Gasteiger partial charge in [-0.3, -0.25) is 9.59 Å². The molecule has 0 aliphatic heterocycles. The lowest BCUT2D eigenvalue weighted by atomic mass is 10.1. The highest BCUT2D eigenvalue weighted by molar-refractivity contribution is 9.11. The average Bonchev–Trinajstić information content (AvgIpc) is 3.30. The Kier molecular flexibility index (Phi) is 25.4. The molecule has 2 aromatic heterocycles. The summed E-state index contributed by atoms with van der Waals surface area (Å²) in [6, 6.07) is 8.52. The molecule has 0 fully saturated rings. The van der Waals surface area contributed by atoms with Crippen molar-refractivity contribution in [1.29, 1.82) is 0 Å². The second-order valence-corrected chi connectivity index (χ2v) is 18.6. The van der Waals surface area contributed by atoms with Crippen molar-refractivity contribution in [1.82, 2.24) is 10.6 Å². The Morgan fingerprint density at radius 3 is 1.34 bits per heavy atom. The number of ether oxygens (including phenoxy) is 4. The first-order valence-corrected chi connectivity index (χ1v) is 25.5. The van der Waals surface area contributed by atoms with Gasteiger partial charge in [-0.2, -0.15) is 0 Å². The molecule has 18 heteroatoms. The van der Waals surface area contributed by atoms with E-state index in [0.29, 0.717) is 63.2 Å². The topological polar surface area (TPSA) is 230 Å². The van der Waals surface area contributed by atoms with Crippen LogP contribution in [0.2, 0.25) is 0 Å². The van der Waals surface area contributed by atoms with Crippen LogP contribution in [0.1, 0.15) is 153 Å². The normalized spacial score (nSPS) is 11.6. The quantitative estimate of drug-likeness (QED) is 0.0154. The Hall–Kier alpha value is -5.10. The van der Waals surface area contributed by atoms with Gasteiger partial charge in [-0.1, -0.05) is 96.8 Å². The molecule has 0 spiro atoms. The third-order valence-electron chi connectivity index (χ3n) is 11.4. The highest BCUT2D eigenvalue weighted by Crippen LogP contribution is 2.32. The Morgan fingerprint density at radius 2 is 0.926 bits per heavy atom. The molecule has 68 heavy (non-hydrogen) atoms. The first kappa shape index (κ1) is 55.5. The molecule has 0 bridgehead atoms. The number of carbonyl (C=O) groups excluding carboxylic acids is 4. The number of fused-ring (bicyclic) bond motifs is 2. The third-order valence-corrected chi connectivity index (χ3v) is 12.6. The molecule has 1 unspecified atom stereocenters. The summed E-state index contributed by atoms with van der Waals surface area (Å²) in [6.07, 6.45) is 17.2. The van der Waals surface area contributed by atoms with Crippen LogP contribution in [0.25, 0.3) is 21.9 Å². The van der Waals surface area contributed by atoms with Gasteiger partial charge in [0, 0.05) is 72.1 Å². The molecule has 4 N–H and O–H groups in total. The van der Waals surface area contributed by atoms with Crippen LogP contribution in [0.15, 0.2) is 63.8 Å². The van der Waals surface area contributed by atoms with Gasteiger partial charge in [0.15, 0.2) is 0 Å². The summed E-state index contributed by atoms with van der Waals surface area (Å²) in [5.41, 5.74) is 0.301. The van der Waals surface area contributed by atoms with Crippen molar-refractivity contribution in [2.45, 2.75) is 161 Å². The zero-order valence-electron chi connectivity index (χ0n) is 39.0. The van der Waals surface area contributed by atoms with E-state index in [0.717, 1.165) is 116 Å². The fourth-order valence-corrected chi connectivity index (χ4v) is 8.15. The minimum atomic E-state index is -0.584. The fraction of sp³-hybridized carbons (Fsp3) is 0.560. The molecule has 0 saturated heterocycles. The molecule has 374 valence electrons. The van der Waals surface area contributed by atoms with Crippen molar-refractivity contribution < 1.29 is 57.2 Å². The number of benzene rings is 2. The summed E-state index contributed by atoms with van der Waals surface area (Å²) in [6.45, 7) is 2.75. The van der Waals surface area contributed by atoms with Crippen LogP contribution in [0, 0.1) is 0 Å². The molecule has 4 rings (SSSR count). The molecule has 2 amide bonds. The van der Waals surface area contributed by atoms with Crippen molar-refractivity contribution in [3.05, 3.63) is 77.3 Å². The highest BCUT2D eigenvalue weighted by Gasteiger charge is 2.16. The zero-order chi connectivity index (χ0) is 49.1. The number of alkyl carbamates (subject to hydrolysis) is 2. The maximum atomic E-state index is 12.3. The number of hydrogen-bond acceptors (Lipinski definition) is 14. The van der Waals surface area contributed by atoms with Crippen LogP contribution < -0.4 is 21.9 Å². The van der Waals surface area contributed by atoms with Gasteiger partial charge in [0.2, 0.25) is 0 Å². The van der Waals surface area contributed by atoms with E-state index in [1.165, 1.54) is 24.3 Å². The van der Waals surface area contributed by atoms with E-state index in [2.05, 4.69) is 42.5 Å². The van der Waals surface area contributed by atoms with Crippen LogP contribution >= 0.6 is 31.9 Å². The third kappa shape index (κ3) is 21.0. The number of phenols is 2. The van der Waals surface area contributed by atoms with Gasteiger partial charge < -0.3 is 48.6 Å². The number of carbonyl (C=O) groups is 4. The van der Waals surface area contributed by atoms with E-state index >= 15 is 0 Å². The molecule has 4 aromatic rings. The molecular weight excluding hydrogens is 1010 g/mol. The maximum Gasteiger partial charge on any atom is 0.407 e. The molecule has 0 aliphatic rings. The average molecular weight is 1080 g/mol. The Labute approximate surface area is 413 Å². The van der Waals surface area contributed by atoms with Crippen molar-refractivity contribution in [2.75, 3.05) is 19.7 Å². The molecule has 0 radical (unpaired) electrons. The number of rotatable bonds is 32. The first-order chi connectivity index (χ1) is 32.8. The van der Waals surface area contributed by atoms with Crippen LogP contribution in [-0.4, -0.2) is 60.1 Å². The number of aromatic hydroxyl groups is 2. The van der Waals surface area contributed by atoms with Crippen molar-refractivity contribution in [3.63, 3.8) is 0 Å². The molecular formula is C50H66Br2N2O14. The largest absolute Gasteiger partial charge is 0.507 e. The number of nitrogens with one attached hydrogen (secondary N) is 2. The minimum Gasteiger partial charge on any atom is -0.507 e. The SMILES string of the molecule is CCC(COC(=O)NCCCCCCCCCCCC(=O)OCc1cc(=O)oc2cc(O)c(Br)cc12)OC(=O)NCCCCCCCCCCCC(=O)OCc1cc(=O)oc2cc(O)c(Br)cc12. The lowest BCUT2D eigenvalue weighted by Crippen LogP contribution is -2.34. The van der Waals surface area contributed by atoms with Gasteiger partial charge in [0.1, 0.15) is 48.6 Å². The van der Waals surface area contributed by atoms with E-state index in [1.54, 1.807) is 12.1 Å². The summed E-state index contributed by atoms with van der Waals surface area (Å²) < 4.78 is 32.7. The minimum absolute atomic E-state index is 0.0174. The summed E-state index contributed by atoms with van der Waals surface area (Å²) >= 11 is 6.51. The fourth-order valence-electron chi connectivity index (χ4n) is 7.46. The summed E-state index contributed by atoms with van der Waals surface area (Å²) in [5.74, 6) is -0.763. The Morgan fingerprint density at radius 1 is 0.544 bits per heavy atom. The van der Waals surface area contributed by atoms with Crippen LogP contribution in [0.5, 0.6) is 11.5 Å². The molecule has 2 heterocycles. The van der Waals surface area contributed by atoms with Gasteiger partial charge in [0.05, 0.1) is 8.95 Å². The number of amides is 2. The monoisotopic (exact) mass is 1080 g/mol. The van der Waals surface area contributed by atoms with Crippen LogP contribution in [0.4, 0.5) is 9.59 Å². The number of unbranched alkanes of at least 4 members (excludes halogenated alkanes) is 16. The van der Waals surface area contributed by atoms with Gasteiger partial charge in [0.25, 0.3) is 0 Å². The van der Waals surface area contributed by atoms with E-state index < -0.39 is 29.5 Å². The Bertz CT molecular complexity index is 2350. The first-order valence-electron chi connectivity index (χ1n) is 23.9. The molecule has 0 aliphatic carbocycles. The lowest BCUT2D eigenvalue weighted by molar-refractivity contribution is -0.146. The second-order valence-electron chi connectivity index (χ2n) is 16.9. The zero-order valence-corrected chi connectivity index (χ0v) is 42.1. The van der Waals surface area contributed by atoms with Gasteiger partial charge in [-0.25, -0.2) is 19.2 Å². The van der Waals surface area contributed by atoms with E-state index in [1.807, 2.05) is 6.92 Å². The van der Waals surface area contributed by atoms with E-state index in [9.17, 15) is 39.0 Å². The summed E-state index contributed by atoms with van der Waals surface area (Å²) in [4.78, 5) is 72.9. The lowest BCUT2D eigenvalue weighted by Gasteiger charge is -2.17. The second kappa shape index (κ2) is 31.1. The predicted octanol–water partition coefficient (Wildman–Crippen LogP) is 11.7. The standard InChI is InChI=1S/C50H66Br2N2O14/c1-2-36(66-50(62)54-24-20-16-12-8-4-6-10-14-18-22-46(58)64-32-35-26-48(60)68-44-30-42(56)40(52)28-38(35)44)33-65-49(61)53-23-19-15-11-7-3-5-9-13-17-21-45(57)63-31-34-25-47(59)67-43-29-41(55)39(51)27-37(34)43/h25-30,36,55-56H,2-24,31-33H2,1H3,(H,53,61)(H,54,62). The maximum absolute atomic E-state index is 12.3.